The number of aliphatic hydroxyl groups excluding tert-OH is 4. The minimum Gasteiger partial charge on any atom is -0.394 e. The van der Waals surface area contributed by atoms with Gasteiger partial charge in [-0.25, -0.2) is 46.3 Å². The number of aliphatic hydroxyl groups is 4. The first-order valence-corrected chi connectivity index (χ1v) is 29.5. The van der Waals surface area contributed by atoms with Crippen molar-refractivity contribution in [1.29, 1.82) is 0 Å². The Labute approximate surface area is 532 Å². The van der Waals surface area contributed by atoms with E-state index in [4.69, 9.17) is 88.6 Å². The Hall–Kier alpha value is -6.48. The Bertz CT molecular complexity index is 3600. The highest BCUT2D eigenvalue weighted by molar-refractivity contribution is 6.35. The Balaban J connectivity index is 0.803. The molecule has 89 heavy (non-hydrogen) atoms. The number of unbranched alkanes of at least 4 members (excludes halogenated alkanes) is 2. The van der Waals surface area contributed by atoms with E-state index in [1.807, 2.05) is 0 Å². The van der Waals surface area contributed by atoms with Gasteiger partial charge in [0.15, 0.2) is 11.6 Å². The summed E-state index contributed by atoms with van der Waals surface area (Å²) < 4.78 is 88.7. The number of aromatic nitrogens is 12. The molecular formula is C55H52Cl6F4N14O10. The van der Waals surface area contributed by atoms with Crippen molar-refractivity contribution in [2.75, 3.05) is 39.5 Å². The maximum absolute atomic E-state index is 14.6. The highest BCUT2D eigenvalue weighted by atomic mass is 35.5. The summed E-state index contributed by atoms with van der Waals surface area (Å²) in [7, 11) is 0. The van der Waals surface area contributed by atoms with Gasteiger partial charge in [-0.15, -0.1) is 10.2 Å². The molecule has 0 bridgehead atoms. The molecule has 0 spiro atoms. The average molecular weight is 1360 g/mol. The summed E-state index contributed by atoms with van der Waals surface area (Å²) in [5, 5.41) is 75.3. The molecule has 8 aromatic rings. The number of benzene rings is 4. The molecule has 10 atom stereocenters. The van der Waals surface area contributed by atoms with Crippen molar-refractivity contribution in [3.8, 4) is 33.9 Å². The molecule has 2 aliphatic heterocycles. The highest BCUT2D eigenvalue weighted by Crippen LogP contribution is 2.44. The second-order valence-electron chi connectivity index (χ2n) is 20.6. The van der Waals surface area contributed by atoms with Crippen LogP contribution in [0, 0.1) is 37.1 Å². The van der Waals surface area contributed by atoms with Gasteiger partial charge in [0.25, 0.3) is 0 Å². The summed E-state index contributed by atoms with van der Waals surface area (Å²) in [5.41, 5.74) is 0.391. The number of carbonyl (C=O) groups excluding carboxylic acids is 2. The summed E-state index contributed by atoms with van der Waals surface area (Å²) in [5.74, 6) is -4.86. The molecular weight excluding hydrogens is 1310 g/mol. The van der Waals surface area contributed by atoms with Gasteiger partial charge in [-0.05, 0) is 93.8 Å². The molecule has 0 aliphatic carbocycles. The van der Waals surface area contributed by atoms with Crippen LogP contribution in [0.3, 0.4) is 0 Å². The normalized spacial score (nSPS) is 22.0. The molecule has 24 nitrogen and oxygen atoms in total. The third kappa shape index (κ3) is 14.4. The number of halogens is 10. The van der Waals surface area contributed by atoms with E-state index in [2.05, 4.69) is 51.4 Å². The summed E-state index contributed by atoms with van der Waals surface area (Å²) in [4.78, 5) is 36.4. The lowest BCUT2D eigenvalue weighted by molar-refractivity contribution is -0.223. The molecule has 2 saturated heterocycles. The number of nitrogens with one attached hydrogen (secondary N) is 2. The molecule has 6 heterocycles. The van der Waals surface area contributed by atoms with Crippen LogP contribution in [0.15, 0.2) is 73.1 Å². The average Bonchev–Trinajstić information content (AvgIpc) is 1.77. The molecule has 2 fully saturated rings. The molecule has 0 radical (unpaired) electrons. The van der Waals surface area contributed by atoms with E-state index in [1.54, 1.807) is 26.0 Å². The molecule has 472 valence electrons. The first kappa shape index (κ1) is 65.5. The molecule has 0 saturated carbocycles. The standard InChI is InChI=1S/C55H52Cl6F4N14O10/c1-24-68-54(78(72-24)38-16-28(56)6-8-30(38)58)52-50(46(48(84)40(20-80)88-52)76-18-36(70-74-76)26-12-32(62)44(60)33(63)13-26)86-22-42(82)66-10-4-3-5-11-67-43(83)23-87-51-47(77-19-37(71-75-77)27-14-34(64)45(61)35(65)15-27)49(85)41(21-81)89-53(51)55-69-25(2)73-79(55)39-17-29(57)7-9-31(39)59/h6-9,12-19,40-41,46-53,80-81,84-85H,3-5,10-11,20-23H2,1-2H3,(H,66,82)(H,67,83)/t40-,41+,46+,47-,48+,49-,50-,51+,52-,53+. The van der Waals surface area contributed by atoms with Crippen LogP contribution in [0.2, 0.25) is 30.1 Å². The number of nitrogens with zero attached hydrogens (tertiary/aromatic N) is 12. The number of ether oxygens (including phenoxy) is 4. The zero-order chi connectivity index (χ0) is 63.5. The summed E-state index contributed by atoms with van der Waals surface area (Å²) >= 11 is 37.5. The van der Waals surface area contributed by atoms with E-state index >= 15 is 0 Å². The summed E-state index contributed by atoms with van der Waals surface area (Å²) in [6, 6.07) is 10.4. The lowest BCUT2D eigenvalue weighted by Gasteiger charge is -2.43. The van der Waals surface area contributed by atoms with E-state index < -0.39 is 132 Å². The minimum atomic E-state index is -1.60. The van der Waals surface area contributed by atoms with E-state index in [9.17, 15) is 47.6 Å². The lowest BCUT2D eigenvalue weighted by atomic mass is 9.91. The lowest BCUT2D eigenvalue weighted by Crippen LogP contribution is -2.54. The van der Waals surface area contributed by atoms with Gasteiger partial charge in [-0.3, -0.25) is 9.59 Å². The fourth-order valence-corrected chi connectivity index (χ4v) is 11.3. The van der Waals surface area contributed by atoms with Crippen molar-refractivity contribution in [2.24, 2.45) is 0 Å². The van der Waals surface area contributed by atoms with Crippen LogP contribution in [0.25, 0.3) is 33.9 Å². The van der Waals surface area contributed by atoms with E-state index in [0.29, 0.717) is 29.3 Å². The van der Waals surface area contributed by atoms with Crippen LogP contribution in [-0.4, -0.2) is 168 Å². The van der Waals surface area contributed by atoms with Crippen molar-refractivity contribution in [3.63, 3.8) is 0 Å². The van der Waals surface area contributed by atoms with Crippen molar-refractivity contribution in [3.05, 3.63) is 150 Å². The van der Waals surface area contributed by atoms with Gasteiger partial charge < -0.3 is 50.0 Å². The van der Waals surface area contributed by atoms with E-state index in [-0.39, 0.29) is 80.3 Å². The van der Waals surface area contributed by atoms with E-state index in [1.165, 1.54) is 46.0 Å². The number of amides is 2. The predicted octanol–water partition coefficient (Wildman–Crippen LogP) is 7.40. The Kier molecular flexibility index (Phi) is 20.9. The maximum Gasteiger partial charge on any atom is 0.246 e. The molecule has 2 amide bonds. The first-order valence-electron chi connectivity index (χ1n) is 27.2. The van der Waals surface area contributed by atoms with Crippen molar-refractivity contribution in [2.45, 2.75) is 94.0 Å². The van der Waals surface area contributed by atoms with Crippen molar-refractivity contribution < 1.29 is 66.5 Å². The van der Waals surface area contributed by atoms with E-state index in [0.717, 1.165) is 33.6 Å². The zero-order valence-corrected chi connectivity index (χ0v) is 51.0. The second kappa shape index (κ2) is 28.4. The van der Waals surface area contributed by atoms with Gasteiger partial charge in [-0.1, -0.05) is 80.0 Å². The minimum absolute atomic E-state index is 0.0364. The van der Waals surface area contributed by atoms with Crippen LogP contribution in [0.1, 0.15) is 66.9 Å². The van der Waals surface area contributed by atoms with Crippen LogP contribution < -0.4 is 10.6 Å². The molecule has 4 aromatic heterocycles. The van der Waals surface area contributed by atoms with Crippen LogP contribution >= 0.6 is 69.6 Å². The molecule has 2 aliphatic rings. The summed E-state index contributed by atoms with van der Waals surface area (Å²) in [6.07, 6.45) is -7.39. The quantitative estimate of drug-likeness (QED) is 0.0219. The maximum atomic E-state index is 14.6. The Morgan fingerprint density at radius 1 is 0.584 bits per heavy atom. The van der Waals surface area contributed by atoms with Gasteiger partial charge in [0.05, 0.1) is 47.0 Å². The van der Waals surface area contributed by atoms with Crippen molar-refractivity contribution >= 4 is 81.4 Å². The van der Waals surface area contributed by atoms with Crippen molar-refractivity contribution in [1.82, 2.24) is 70.2 Å². The van der Waals surface area contributed by atoms with Crippen LogP contribution in [0.4, 0.5) is 17.6 Å². The number of carbonyl (C=O) groups is 2. The number of hydrogen-bond donors (Lipinski definition) is 6. The van der Waals surface area contributed by atoms with Gasteiger partial charge in [0, 0.05) is 34.3 Å². The molecule has 0 unspecified atom stereocenters. The second-order valence-corrected chi connectivity index (χ2v) is 23.0. The summed E-state index contributed by atoms with van der Waals surface area (Å²) in [6.45, 7) is 0.750. The van der Waals surface area contributed by atoms with Gasteiger partial charge in [-0.2, -0.15) is 10.2 Å². The van der Waals surface area contributed by atoms with Crippen LogP contribution in [-0.2, 0) is 28.5 Å². The largest absolute Gasteiger partial charge is 0.394 e. The van der Waals surface area contributed by atoms with Gasteiger partial charge in [0.2, 0.25) is 11.8 Å². The Morgan fingerprint density at radius 2 is 0.966 bits per heavy atom. The monoisotopic (exact) mass is 1350 g/mol. The molecule has 4 aromatic carbocycles. The third-order valence-corrected chi connectivity index (χ3v) is 16.3. The fourth-order valence-electron chi connectivity index (χ4n) is 10.3. The molecule has 10 rings (SSSR count). The zero-order valence-electron chi connectivity index (χ0n) is 46.5. The number of hydrogen-bond acceptors (Lipinski definition) is 18. The first-order chi connectivity index (χ1) is 42.6. The third-order valence-electron chi connectivity index (χ3n) is 14.5. The van der Waals surface area contributed by atoms with Gasteiger partial charge in [0.1, 0.15) is 130 Å². The topological polar surface area (TPSA) is 299 Å². The van der Waals surface area contributed by atoms with Gasteiger partial charge >= 0.3 is 0 Å². The molecule has 6 N–H and O–H groups in total. The number of rotatable bonds is 22. The van der Waals surface area contributed by atoms with Crippen LogP contribution in [0.5, 0.6) is 0 Å². The Morgan fingerprint density at radius 3 is 1.34 bits per heavy atom. The smallest absolute Gasteiger partial charge is 0.246 e. The molecule has 34 heteroatoms. The number of aryl methyl sites for hydroxylation is 2. The predicted molar refractivity (Wildman–Crippen MR) is 312 cm³/mol. The fraction of sp³-hybridized carbons (Fsp3) is 0.382. The SMILES string of the molecule is Cc1nc([C@H]2O[C@@H](CO)[C@@H](O)[C@@H](n3cc(-c4cc(F)c(Cl)c(F)c4)nn3)[C@@H]2OCC(=O)NCCCCCNC(=O)CO[C@@H]2[C@@H](n3cc(-c4cc(F)c(Cl)c(F)c4)nn3)[C@@H](O)[C@@H](CO)O[C@H]2c2nc(C)nn2-c2cc(Cl)ccc2Cl)n(-c2cc(Cl)ccc2Cl)n1. The highest BCUT2D eigenvalue weighted by Gasteiger charge is 2.52.